The van der Waals surface area contributed by atoms with Gasteiger partial charge >= 0.3 is 6.03 Å². The average Bonchev–Trinajstić information content (AvgIpc) is 2.35. The van der Waals surface area contributed by atoms with Crippen LogP contribution in [0.2, 0.25) is 0 Å². The summed E-state index contributed by atoms with van der Waals surface area (Å²) in [5.41, 5.74) is 8.83. The molecule has 0 saturated carbocycles. The number of benzene rings is 2. The number of aryl methyl sites for hydroxylation is 1. The fourth-order valence-electron chi connectivity index (χ4n) is 1.57. The number of rotatable bonds is 2. The molecule has 2 aromatic rings. The third kappa shape index (κ3) is 3.01. The predicted octanol–water partition coefficient (Wildman–Crippen LogP) is 3.22. The summed E-state index contributed by atoms with van der Waals surface area (Å²) in [5.74, 6) is 0. The molecule has 0 saturated heterocycles. The second-order valence-corrected chi connectivity index (χ2v) is 4.02. The van der Waals surface area contributed by atoms with E-state index in [1.807, 2.05) is 43.3 Å². The minimum absolute atomic E-state index is 0.273. The van der Waals surface area contributed by atoms with Gasteiger partial charge in [0.1, 0.15) is 0 Å². The van der Waals surface area contributed by atoms with Crippen molar-refractivity contribution in [3.8, 4) is 0 Å². The molecular weight excluding hydrogens is 226 g/mol. The maximum Gasteiger partial charge on any atom is 0.323 e. The zero-order valence-electron chi connectivity index (χ0n) is 10.1. The number of amides is 2. The van der Waals surface area contributed by atoms with Gasteiger partial charge in [0.25, 0.3) is 0 Å². The third-order valence-electron chi connectivity index (χ3n) is 2.56. The van der Waals surface area contributed by atoms with Crippen LogP contribution >= 0.6 is 0 Å². The van der Waals surface area contributed by atoms with E-state index in [2.05, 4.69) is 10.6 Å². The number of anilines is 3. The van der Waals surface area contributed by atoms with Crippen LogP contribution in [-0.4, -0.2) is 6.03 Å². The van der Waals surface area contributed by atoms with Crippen LogP contribution in [0.25, 0.3) is 0 Å². The summed E-state index contributed by atoms with van der Waals surface area (Å²) in [6.45, 7) is 1.90. The van der Waals surface area contributed by atoms with Crippen molar-refractivity contribution in [2.45, 2.75) is 6.92 Å². The molecule has 0 radical (unpaired) electrons. The number of nitrogen functional groups attached to an aromatic ring is 1. The van der Waals surface area contributed by atoms with E-state index in [0.717, 1.165) is 16.9 Å². The van der Waals surface area contributed by atoms with E-state index in [0.29, 0.717) is 5.69 Å². The Hall–Kier alpha value is -2.49. The lowest BCUT2D eigenvalue weighted by molar-refractivity contribution is 0.262. The molecule has 0 spiro atoms. The second-order valence-electron chi connectivity index (χ2n) is 4.02. The Morgan fingerprint density at radius 1 is 1.00 bits per heavy atom. The van der Waals surface area contributed by atoms with Crippen LogP contribution in [0, 0.1) is 6.92 Å². The Morgan fingerprint density at radius 2 is 1.67 bits per heavy atom. The first-order chi connectivity index (χ1) is 8.65. The monoisotopic (exact) mass is 241 g/mol. The van der Waals surface area contributed by atoms with Crippen LogP contribution in [0.4, 0.5) is 21.9 Å². The van der Waals surface area contributed by atoms with Crippen molar-refractivity contribution in [1.29, 1.82) is 0 Å². The van der Waals surface area contributed by atoms with Gasteiger partial charge in [-0.1, -0.05) is 18.2 Å². The number of carbonyl (C=O) groups is 1. The first-order valence-electron chi connectivity index (χ1n) is 5.64. The summed E-state index contributed by atoms with van der Waals surface area (Å²) >= 11 is 0. The molecule has 0 heterocycles. The molecule has 2 amide bonds. The van der Waals surface area contributed by atoms with Gasteiger partial charge in [0.15, 0.2) is 0 Å². The van der Waals surface area contributed by atoms with Crippen molar-refractivity contribution in [3.63, 3.8) is 0 Å². The van der Waals surface area contributed by atoms with Crippen molar-refractivity contribution in [3.05, 3.63) is 54.1 Å². The largest absolute Gasteiger partial charge is 0.399 e. The third-order valence-corrected chi connectivity index (χ3v) is 2.56. The molecule has 2 aromatic carbocycles. The first kappa shape index (κ1) is 12.0. The molecule has 0 unspecified atom stereocenters. The summed E-state index contributed by atoms with van der Waals surface area (Å²) < 4.78 is 0. The Bertz CT molecular complexity index is 552. The van der Waals surface area contributed by atoms with Gasteiger partial charge in [0.2, 0.25) is 0 Å². The number of nitrogens with two attached hydrogens (primary N) is 1. The van der Waals surface area contributed by atoms with Gasteiger partial charge in [0, 0.05) is 17.1 Å². The molecule has 18 heavy (non-hydrogen) atoms. The van der Waals surface area contributed by atoms with E-state index < -0.39 is 0 Å². The predicted molar refractivity (Wildman–Crippen MR) is 74.7 cm³/mol. The molecule has 0 fully saturated rings. The highest BCUT2D eigenvalue weighted by molar-refractivity contribution is 5.99. The Balaban J connectivity index is 2.01. The molecular formula is C14H15N3O. The van der Waals surface area contributed by atoms with Crippen LogP contribution in [0.15, 0.2) is 48.5 Å². The zero-order valence-corrected chi connectivity index (χ0v) is 10.1. The standard InChI is InChI=1S/C14H15N3O/c1-10-9-12(7-8-13(10)15)17-14(18)16-11-5-3-2-4-6-11/h2-9H,15H2,1H3,(H2,16,17,18). The van der Waals surface area contributed by atoms with E-state index in [4.69, 9.17) is 5.73 Å². The Morgan fingerprint density at radius 3 is 2.33 bits per heavy atom. The summed E-state index contributed by atoms with van der Waals surface area (Å²) in [7, 11) is 0. The van der Waals surface area contributed by atoms with Crippen LogP contribution < -0.4 is 16.4 Å². The van der Waals surface area contributed by atoms with Crippen molar-refractivity contribution in [2.24, 2.45) is 0 Å². The van der Waals surface area contributed by atoms with Crippen LogP contribution in [0.5, 0.6) is 0 Å². The number of carbonyl (C=O) groups excluding carboxylic acids is 1. The quantitative estimate of drug-likeness (QED) is 0.707. The molecule has 0 atom stereocenters. The SMILES string of the molecule is Cc1cc(NC(=O)Nc2ccccc2)ccc1N. The number of urea groups is 1. The molecule has 2 rings (SSSR count). The molecule has 92 valence electrons. The van der Waals surface area contributed by atoms with E-state index >= 15 is 0 Å². The van der Waals surface area contributed by atoms with Gasteiger partial charge in [0.05, 0.1) is 0 Å². The smallest absolute Gasteiger partial charge is 0.323 e. The van der Waals surface area contributed by atoms with Gasteiger partial charge in [-0.15, -0.1) is 0 Å². The lowest BCUT2D eigenvalue weighted by Crippen LogP contribution is -2.19. The fourth-order valence-corrected chi connectivity index (χ4v) is 1.57. The van der Waals surface area contributed by atoms with Crippen LogP contribution in [-0.2, 0) is 0 Å². The van der Waals surface area contributed by atoms with Crippen molar-refractivity contribution in [2.75, 3.05) is 16.4 Å². The summed E-state index contributed by atoms with van der Waals surface area (Å²) in [5, 5.41) is 5.50. The lowest BCUT2D eigenvalue weighted by Gasteiger charge is -2.09. The molecule has 0 aliphatic rings. The van der Waals surface area contributed by atoms with Crippen LogP contribution in [0.3, 0.4) is 0 Å². The molecule has 0 aromatic heterocycles. The summed E-state index contributed by atoms with van der Waals surface area (Å²) in [4.78, 5) is 11.7. The van der Waals surface area contributed by atoms with Gasteiger partial charge < -0.3 is 16.4 Å². The number of hydrogen-bond acceptors (Lipinski definition) is 2. The highest BCUT2D eigenvalue weighted by Crippen LogP contribution is 2.16. The maximum absolute atomic E-state index is 11.7. The highest BCUT2D eigenvalue weighted by atomic mass is 16.2. The summed E-state index contributed by atoms with van der Waals surface area (Å²) in [6, 6.07) is 14.4. The number of nitrogens with one attached hydrogen (secondary N) is 2. The Kier molecular flexibility index (Phi) is 3.48. The number of para-hydroxylation sites is 1. The highest BCUT2D eigenvalue weighted by Gasteiger charge is 2.03. The zero-order chi connectivity index (χ0) is 13.0. The van der Waals surface area contributed by atoms with E-state index in [9.17, 15) is 4.79 Å². The van der Waals surface area contributed by atoms with Gasteiger partial charge in [-0.2, -0.15) is 0 Å². The Labute approximate surface area is 106 Å². The van der Waals surface area contributed by atoms with Gasteiger partial charge in [-0.25, -0.2) is 4.79 Å². The molecule has 4 N–H and O–H groups in total. The van der Waals surface area contributed by atoms with Crippen molar-refractivity contribution in [1.82, 2.24) is 0 Å². The van der Waals surface area contributed by atoms with Gasteiger partial charge in [-0.05, 0) is 42.8 Å². The topological polar surface area (TPSA) is 67.2 Å². The molecule has 0 bridgehead atoms. The maximum atomic E-state index is 11.7. The van der Waals surface area contributed by atoms with Crippen molar-refractivity contribution < 1.29 is 4.79 Å². The molecule has 0 aliphatic heterocycles. The van der Waals surface area contributed by atoms with E-state index in [-0.39, 0.29) is 6.03 Å². The first-order valence-corrected chi connectivity index (χ1v) is 5.64. The van der Waals surface area contributed by atoms with Gasteiger partial charge in [-0.3, -0.25) is 0 Å². The number of hydrogen-bond donors (Lipinski definition) is 3. The minimum Gasteiger partial charge on any atom is -0.399 e. The minimum atomic E-state index is -0.273. The normalized spacial score (nSPS) is 9.83. The van der Waals surface area contributed by atoms with E-state index in [1.165, 1.54) is 0 Å². The molecule has 4 nitrogen and oxygen atoms in total. The van der Waals surface area contributed by atoms with Crippen molar-refractivity contribution >= 4 is 23.1 Å². The van der Waals surface area contributed by atoms with Crippen LogP contribution in [0.1, 0.15) is 5.56 Å². The fraction of sp³-hybridized carbons (Fsp3) is 0.0714. The second kappa shape index (κ2) is 5.23. The molecule has 4 heteroatoms. The average molecular weight is 241 g/mol. The summed E-state index contributed by atoms with van der Waals surface area (Å²) in [6.07, 6.45) is 0. The lowest BCUT2D eigenvalue weighted by atomic mass is 10.2. The van der Waals surface area contributed by atoms with E-state index in [1.54, 1.807) is 12.1 Å². The molecule has 0 aliphatic carbocycles.